The van der Waals surface area contributed by atoms with Gasteiger partial charge >= 0.3 is 0 Å². The molecule has 2 saturated heterocycles. The molecular formula is C19H30N4O. The minimum atomic E-state index is -0.0715. The molecule has 2 aliphatic heterocycles. The first-order valence-electron chi connectivity index (χ1n) is 9.48. The summed E-state index contributed by atoms with van der Waals surface area (Å²) in [5.41, 5.74) is 2.27. The number of piperidine rings is 1. The first-order chi connectivity index (χ1) is 11.4. The fraction of sp³-hybridized carbons (Fsp3) is 0.789. The first-order valence-corrected chi connectivity index (χ1v) is 9.48. The van der Waals surface area contributed by atoms with Crippen molar-refractivity contribution in [2.24, 2.45) is 5.41 Å². The molecule has 1 aromatic heterocycles. The summed E-state index contributed by atoms with van der Waals surface area (Å²) >= 11 is 0. The summed E-state index contributed by atoms with van der Waals surface area (Å²) in [7, 11) is 0. The highest BCUT2D eigenvalue weighted by Crippen LogP contribution is 2.42. The Bertz CT molecular complexity index is 622. The summed E-state index contributed by atoms with van der Waals surface area (Å²) in [5.74, 6) is 0.730. The van der Waals surface area contributed by atoms with Crippen molar-refractivity contribution >= 4 is 5.91 Å². The zero-order chi connectivity index (χ0) is 16.9. The second-order valence-corrected chi connectivity index (χ2v) is 9.03. The molecule has 1 aliphatic carbocycles. The van der Waals surface area contributed by atoms with E-state index < -0.39 is 0 Å². The van der Waals surface area contributed by atoms with Crippen LogP contribution in [-0.4, -0.2) is 46.8 Å². The number of hydrogen-bond acceptors (Lipinski definition) is 3. The standard InChI is InChI=1S/C19H30N4O/c1-18(2,3)23-16(14-4-5-14)12-15(21-23)17(24)22-10-7-19(8-11-22)6-9-20-13-19/h12,14,20H,4-11,13H2,1-3H3. The van der Waals surface area contributed by atoms with Crippen LogP contribution in [0.4, 0.5) is 0 Å². The van der Waals surface area contributed by atoms with Crippen molar-refractivity contribution in [3.05, 3.63) is 17.5 Å². The molecule has 3 aliphatic rings. The Balaban J connectivity index is 1.51. The average Bonchev–Trinajstić information content (AvgIpc) is 3.12. The molecule has 0 bridgehead atoms. The molecule has 1 amide bonds. The quantitative estimate of drug-likeness (QED) is 0.907. The molecule has 0 radical (unpaired) electrons. The van der Waals surface area contributed by atoms with Gasteiger partial charge < -0.3 is 10.2 Å². The second-order valence-electron chi connectivity index (χ2n) is 9.03. The lowest BCUT2D eigenvalue weighted by Crippen LogP contribution is -2.44. The number of aromatic nitrogens is 2. The first kappa shape index (κ1) is 16.1. The summed E-state index contributed by atoms with van der Waals surface area (Å²) in [6.07, 6.45) is 5.98. The Morgan fingerprint density at radius 1 is 1.25 bits per heavy atom. The lowest BCUT2D eigenvalue weighted by molar-refractivity contribution is 0.0600. The molecule has 4 rings (SSSR count). The third kappa shape index (κ3) is 2.87. The molecule has 5 heteroatoms. The SMILES string of the molecule is CC(C)(C)n1nc(C(=O)N2CCC3(CCNC3)CC2)cc1C1CC1. The average molecular weight is 330 g/mol. The van der Waals surface area contributed by atoms with E-state index in [1.807, 2.05) is 4.90 Å². The number of rotatable bonds is 2. The van der Waals surface area contributed by atoms with Gasteiger partial charge in [0.05, 0.1) is 5.54 Å². The number of likely N-dealkylation sites (tertiary alicyclic amines) is 1. The van der Waals surface area contributed by atoms with Gasteiger partial charge in [-0.1, -0.05) is 0 Å². The van der Waals surface area contributed by atoms with Crippen molar-refractivity contribution in [3.8, 4) is 0 Å². The molecule has 24 heavy (non-hydrogen) atoms. The van der Waals surface area contributed by atoms with E-state index in [1.165, 1.54) is 25.0 Å². The van der Waals surface area contributed by atoms with Gasteiger partial charge in [-0.15, -0.1) is 0 Å². The highest BCUT2D eigenvalue weighted by atomic mass is 16.2. The zero-order valence-electron chi connectivity index (χ0n) is 15.3. The third-order valence-corrected chi connectivity index (χ3v) is 6.03. The van der Waals surface area contributed by atoms with E-state index in [2.05, 4.69) is 36.8 Å². The van der Waals surface area contributed by atoms with Crippen LogP contribution >= 0.6 is 0 Å². The van der Waals surface area contributed by atoms with Crippen LogP contribution in [0.1, 0.15) is 75.0 Å². The Morgan fingerprint density at radius 3 is 2.50 bits per heavy atom. The minimum absolute atomic E-state index is 0.0715. The number of carbonyl (C=O) groups is 1. The molecular weight excluding hydrogens is 300 g/mol. The molecule has 5 nitrogen and oxygen atoms in total. The maximum Gasteiger partial charge on any atom is 0.274 e. The summed E-state index contributed by atoms with van der Waals surface area (Å²) in [6, 6.07) is 2.06. The molecule has 3 heterocycles. The van der Waals surface area contributed by atoms with Crippen molar-refractivity contribution in [1.29, 1.82) is 0 Å². The van der Waals surface area contributed by atoms with E-state index in [4.69, 9.17) is 5.10 Å². The number of hydrogen-bond donors (Lipinski definition) is 1. The highest BCUT2D eigenvalue weighted by molar-refractivity contribution is 5.92. The Labute approximate surface area is 144 Å². The molecule has 1 spiro atoms. The summed E-state index contributed by atoms with van der Waals surface area (Å²) < 4.78 is 2.09. The molecule has 1 aromatic rings. The molecule has 1 saturated carbocycles. The molecule has 0 atom stereocenters. The van der Waals surface area contributed by atoms with Gasteiger partial charge in [0.1, 0.15) is 0 Å². The van der Waals surface area contributed by atoms with Crippen molar-refractivity contribution in [2.45, 2.75) is 64.3 Å². The predicted octanol–water partition coefficient (Wildman–Crippen LogP) is 2.73. The van der Waals surface area contributed by atoms with Gasteiger partial charge in [-0.25, -0.2) is 0 Å². The van der Waals surface area contributed by atoms with Crippen LogP contribution in [0.25, 0.3) is 0 Å². The van der Waals surface area contributed by atoms with Crippen LogP contribution in [-0.2, 0) is 5.54 Å². The van der Waals surface area contributed by atoms with E-state index in [0.29, 0.717) is 17.0 Å². The van der Waals surface area contributed by atoms with Gasteiger partial charge in [0.2, 0.25) is 0 Å². The molecule has 0 aromatic carbocycles. The van der Waals surface area contributed by atoms with Crippen LogP contribution < -0.4 is 5.32 Å². The van der Waals surface area contributed by atoms with Crippen molar-refractivity contribution in [3.63, 3.8) is 0 Å². The van der Waals surface area contributed by atoms with Gasteiger partial charge in [-0.3, -0.25) is 9.48 Å². The lowest BCUT2D eigenvalue weighted by Gasteiger charge is -2.38. The Kier molecular flexibility index (Phi) is 3.75. The van der Waals surface area contributed by atoms with E-state index in [9.17, 15) is 4.79 Å². The predicted molar refractivity (Wildman–Crippen MR) is 94.3 cm³/mol. The lowest BCUT2D eigenvalue weighted by atomic mass is 9.78. The summed E-state index contributed by atoms with van der Waals surface area (Å²) in [5, 5.41) is 8.21. The molecule has 132 valence electrons. The normalized spacial score (nSPS) is 23.9. The van der Waals surface area contributed by atoms with Crippen molar-refractivity contribution < 1.29 is 4.79 Å². The van der Waals surface area contributed by atoms with Crippen LogP contribution in [0.2, 0.25) is 0 Å². The fourth-order valence-corrected chi connectivity index (χ4v) is 4.28. The van der Waals surface area contributed by atoms with Gasteiger partial charge in [0.25, 0.3) is 5.91 Å². The Morgan fingerprint density at radius 2 is 1.96 bits per heavy atom. The van der Waals surface area contributed by atoms with Gasteiger partial charge in [-0.05, 0) is 70.9 Å². The minimum Gasteiger partial charge on any atom is -0.337 e. The zero-order valence-corrected chi connectivity index (χ0v) is 15.3. The van der Waals surface area contributed by atoms with Gasteiger partial charge in [0.15, 0.2) is 5.69 Å². The van der Waals surface area contributed by atoms with Crippen LogP contribution in [0, 0.1) is 5.41 Å². The number of nitrogens with zero attached hydrogens (tertiary/aromatic N) is 3. The maximum atomic E-state index is 13.0. The summed E-state index contributed by atoms with van der Waals surface area (Å²) in [4.78, 5) is 15.0. The summed E-state index contributed by atoms with van der Waals surface area (Å²) in [6.45, 7) is 10.5. The monoisotopic (exact) mass is 330 g/mol. The van der Waals surface area contributed by atoms with E-state index in [0.717, 1.165) is 39.0 Å². The molecule has 0 unspecified atom stereocenters. The molecule has 1 N–H and O–H groups in total. The van der Waals surface area contributed by atoms with Crippen LogP contribution in [0.5, 0.6) is 0 Å². The smallest absolute Gasteiger partial charge is 0.274 e. The van der Waals surface area contributed by atoms with Crippen molar-refractivity contribution in [1.82, 2.24) is 20.0 Å². The number of amides is 1. The fourth-order valence-electron chi connectivity index (χ4n) is 4.28. The largest absolute Gasteiger partial charge is 0.337 e. The number of nitrogens with one attached hydrogen (secondary N) is 1. The molecule has 3 fully saturated rings. The van der Waals surface area contributed by atoms with Crippen LogP contribution in [0.3, 0.4) is 0 Å². The highest BCUT2D eigenvalue weighted by Gasteiger charge is 2.39. The van der Waals surface area contributed by atoms with E-state index in [1.54, 1.807) is 0 Å². The maximum absolute atomic E-state index is 13.0. The van der Waals surface area contributed by atoms with Crippen LogP contribution in [0.15, 0.2) is 6.07 Å². The Hall–Kier alpha value is -1.36. The van der Waals surface area contributed by atoms with Gasteiger partial charge in [-0.2, -0.15) is 5.10 Å². The third-order valence-electron chi connectivity index (χ3n) is 6.03. The van der Waals surface area contributed by atoms with E-state index >= 15 is 0 Å². The van der Waals surface area contributed by atoms with Crippen molar-refractivity contribution in [2.75, 3.05) is 26.2 Å². The number of carbonyl (C=O) groups excluding carboxylic acids is 1. The van der Waals surface area contributed by atoms with Gasteiger partial charge in [0, 0.05) is 31.2 Å². The second kappa shape index (κ2) is 5.58. The topological polar surface area (TPSA) is 50.2 Å². The van der Waals surface area contributed by atoms with E-state index in [-0.39, 0.29) is 11.4 Å².